The number of benzene rings is 2. The van der Waals surface area contributed by atoms with Crippen LogP contribution < -0.4 is 5.73 Å². The van der Waals surface area contributed by atoms with Crippen LogP contribution in [0, 0.1) is 12.3 Å². The highest BCUT2D eigenvalue weighted by Crippen LogP contribution is 2.39. The summed E-state index contributed by atoms with van der Waals surface area (Å²) < 4.78 is 5.95. The summed E-state index contributed by atoms with van der Waals surface area (Å²) in [6, 6.07) is 11.7. The van der Waals surface area contributed by atoms with E-state index in [2.05, 4.69) is 19.9 Å². The number of nitrogen functional groups attached to an aromatic ring is 1. The number of nitrogens with zero attached hydrogens (tertiary/aromatic N) is 2. The Labute approximate surface area is 225 Å². The van der Waals surface area contributed by atoms with Crippen molar-refractivity contribution in [1.82, 2.24) is 9.80 Å². The molecule has 2 aromatic rings. The number of nitrogens with two attached hydrogens (primary N) is 1. The number of piperazine rings is 1. The predicted octanol–water partition coefficient (Wildman–Crippen LogP) is 4.94. The maximum Gasteiger partial charge on any atom is 0.253 e. The van der Waals surface area contributed by atoms with Gasteiger partial charge in [-0.05, 0) is 71.4 Å². The van der Waals surface area contributed by atoms with E-state index in [0.29, 0.717) is 50.6 Å². The van der Waals surface area contributed by atoms with Crippen LogP contribution in [0.25, 0.3) is 11.1 Å². The molecule has 0 atom stereocenters. The zero-order valence-corrected chi connectivity index (χ0v) is 22.7. The number of hydrogen-bond acceptors (Lipinski definition) is 5. The van der Waals surface area contributed by atoms with E-state index < -0.39 is 0 Å². The number of anilines is 1. The standard InChI is InChI=1S/C31H38N4O3/c1-4-5-6-25(28-20-38-18-13-26(28)30-21(2)7-12-29(33)27(30)19-32)23-8-10-24(11-9-23)31(37)35-16-14-34(15-17-35)22(3)36/h6-12,19,32H,4-5,13-18,20,33H2,1-3H3/b25-6+,32-19?. The summed E-state index contributed by atoms with van der Waals surface area (Å²) in [5.41, 5.74) is 14.8. The first kappa shape index (κ1) is 27.3. The molecule has 2 aromatic carbocycles. The van der Waals surface area contributed by atoms with Crippen molar-refractivity contribution in [2.75, 3.05) is 45.1 Å². The molecular weight excluding hydrogens is 476 g/mol. The second kappa shape index (κ2) is 12.2. The van der Waals surface area contributed by atoms with Crippen LogP contribution in [0.1, 0.15) is 65.7 Å². The summed E-state index contributed by atoms with van der Waals surface area (Å²) in [4.78, 5) is 28.4. The molecule has 1 saturated heterocycles. The van der Waals surface area contributed by atoms with E-state index >= 15 is 0 Å². The van der Waals surface area contributed by atoms with Crippen molar-refractivity contribution in [3.8, 4) is 0 Å². The van der Waals surface area contributed by atoms with Gasteiger partial charge in [-0.2, -0.15) is 0 Å². The Hall–Kier alpha value is -3.71. The number of aryl methyl sites for hydroxylation is 1. The Kier molecular flexibility index (Phi) is 8.79. The molecule has 7 nitrogen and oxygen atoms in total. The number of allylic oxidation sites excluding steroid dienone is 1. The number of hydrogen-bond donors (Lipinski definition) is 2. The highest BCUT2D eigenvalue weighted by atomic mass is 16.5. The van der Waals surface area contributed by atoms with E-state index in [0.717, 1.165) is 52.7 Å². The maximum atomic E-state index is 13.2. The molecule has 38 heavy (non-hydrogen) atoms. The van der Waals surface area contributed by atoms with Crippen molar-refractivity contribution in [2.45, 2.75) is 40.0 Å². The lowest BCUT2D eigenvalue weighted by Gasteiger charge is -2.34. The number of unbranched alkanes of at least 4 members (excludes halogenated alkanes) is 1. The number of carbonyl (C=O) groups is 2. The van der Waals surface area contributed by atoms with Gasteiger partial charge in [0.2, 0.25) is 5.91 Å². The van der Waals surface area contributed by atoms with Gasteiger partial charge in [-0.25, -0.2) is 0 Å². The van der Waals surface area contributed by atoms with Gasteiger partial charge in [0.05, 0.1) is 13.2 Å². The predicted molar refractivity (Wildman–Crippen MR) is 153 cm³/mol. The van der Waals surface area contributed by atoms with Crippen LogP contribution in [0.3, 0.4) is 0 Å². The lowest BCUT2D eigenvalue weighted by Crippen LogP contribution is -2.50. The Balaban J connectivity index is 1.69. The number of nitrogens with one attached hydrogen (secondary N) is 1. The van der Waals surface area contributed by atoms with Gasteiger partial charge in [0.1, 0.15) is 0 Å². The Morgan fingerprint density at radius 2 is 1.68 bits per heavy atom. The van der Waals surface area contributed by atoms with Crippen LogP contribution in [0.15, 0.2) is 48.0 Å². The molecule has 0 radical (unpaired) electrons. The van der Waals surface area contributed by atoms with Crippen molar-refractivity contribution in [3.05, 3.63) is 75.9 Å². The summed E-state index contributed by atoms with van der Waals surface area (Å²) in [5, 5.41) is 8.04. The van der Waals surface area contributed by atoms with Crippen LogP contribution in [0.5, 0.6) is 0 Å². The molecule has 0 spiro atoms. The molecule has 3 N–H and O–H groups in total. The van der Waals surface area contributed by atoms with Gasteiger partial charge in [-0.1, -0.05) is 37.6 Å². The fourth-order valence-electron chi connectivity index (χ4n) is 5.31. The Morgan fingerprint density at radius 1 is 1.03 bits per heavy atom. The van der Waals surface area contributed by atoms with E-state index in [9.17, 15) is 9.59 Å². The smallest absolute Gasteiger partial charge is 0.253 e. The summed E-state index contributed by atoms with van der Waals surface area (Å²) in [6.07, 6.45) is 6.28. The molecule has 2 heterocycles. The Bertz CT molecular complexity index is 1270. The lowest BCUT2D eigenvalue weighted by molar-refractivity contribution is -0.130. The minimum absolute atomic E-state index is 0.00856. The molecular formula is C31H38N4O3. The van der Waals surface area contributed by atoms with Crippen LogP contribution in [0.2, 0.25) is 0 Å². The van der Waals surface area contributed by atoms with Crippen molar-refractivity contribution >= 4 is 34.9 Å². The van der Waals surface area contributed by atoms with Gasteiger partial charge >= 0.3 is 0 Å². The first-order chi connectivity index (χ1) is 18.3. The van der Waals surface area contributed by atoms with Gasteiger partial charge in [-0.3, -0.25) is 9.59 Å². The zero-order valence-electron chi connectivity index (χ0n) is 22.7. The fraction of sp³-hybridized carbons (Fsp3) is 0.387. The first-order valence-electron chi connectivity index (χ1n) is 13.4. The third-order valence-corrected chi connectivity index (χ3v) is 7.46. The number of ether oxygens (including phenoxy) is 1. The van der Waals surface area contributed by atoms with Gasteiger partial charge in [0, 0.05) is 56.1 Å². The molecule has 4 rings (SSSR count). The maximum absolute atomic E-state index is 13.2. The lowest BCUT2D eigenvalue weighted by atomic mass is 9.84. The molecule has 200 valence electrons. The number of carbonyl (C=O) groups excluding carboxylic acids is 2. The van der Waals surface area contributed by atoms with E-state index in [1.807, 2.05) is 41.3 Å². The van der Waals surface area contributed by atoms with Gasteiger partial charge in [0.25, 0.3) is 5.91 Å². The van der Waals surface area contributed by atoms with Crippen LogP contribution >= 0.6 is 0 Å². The number of amides is 2. The van der Waals surface area contributed by atoms with E-state index in [4.69, 9.17) is 15.9 Å². The SMILES string of the molecule is CCC/C=C(/C1=C(c2c(C)ccc(N)c2C=N)CCOC1)c1ccc(C(=O)N2CCN(C(C)=O)CC2)cc1. The van der Waals surface area contributed by atoms with E-state index in [-0.39, 0.29) is 11.8 Å². The van der Waals surface area contributed by atoms with E-state index in [1.165, 1.54) is 11.8 Å². The largest absolute Gasteiger partial charge is 0.398 e. The normalized spacial score (nSPS) is 16.6. The third kappa shape index (κ3) is 5.73. The molecule has 2 aliphatic heterocycles. The quantitative estimate of drug-likeness (QED) is 0.404. The van der Waals surface area contributed by atoms with Gasteiger partial charge in [-0.15, -0.1) is 0 Å². The average Bonchev–Trinajstić information content (AvgIpc) is 2.94. The van der Waals surface area contributed by atoms with Crippen molar-refractivity contribution in [3.63, 3.8) is 0 Å². The fourth-order valence-corrected chi connectivity index (χ4v) is 5.31. The molecule has 0 unspecified atom stereocenters. The number of rotatable bonds is 7. The minimum atomic E-state index is -0.00856. The molecule has 0 aromatic heterocycles. The molecule has 2 amide bonds. The first-order valence-corrected chi connectivity index (χ1v) is 13.4. The summed E-state index contributed by atoms with van der Waals surface area (Å²) in [7, 11) is 0. The van der Waals surface area contributed by atoms with Crippen molar-refractivity contribution < 1.29 is 14.3 Å². The Morgan fingerprint density at radius 3 is 2.32 bits per heavy atom. The zero-order chi connectivity index (χ0) is 27.2. The highest BCUT2D eigenvalue weighted by molar-refractivity contribution is 5.99. The van der Waals surface area contributed by atoms with Crippen molar-refractivity contribution in [2.24, 2.45) is 0 Å². The third-order valence-electron chi connectivity index (χ3n) is 7.46. The molecule has 0 saturated carbocycles. The monoisotopic (exact) mass is 514 g/mol. The second-order valence-electron chi connectivity index (χ2n) is 9.95. The van der Waals surface area contributed by atoms with Crippen LogP contribution in [-0.2, 0) is 9.53 Å². The average molecular weight is 515 g/mol. The van der Waals surface area contributed by atoms with Crippen molar-refractivity contribution in [1.29, 1.82) is 5.41 Å². The van der Waals surface area contributed by atoms with Crippen LogP contribution in [-0.4, -0.2) is 67.2 Å². The minimum Gasteiger partial charge on any atom is -0.398 e. The molecule has 0 bridgehead atoms. The summed E-state index contributed by atoms with van der Waals surface area (Å²) in [5.74, 6) is 0.0417. The molecule has 2 aliphatic rings. The molecule has 7 heteroatoms. The van der Waals surface area contributed by atoms with E-state index in [1.54, 1.807) is 11.8 Å². The second-order valence-corrected chi connectivity index (χ2v) is 9.95. The summed E-state index contributed by atoms with van der Waals surface area (Å²) >= 11 is 0. The van der Waals surface area contributed by atoms with Gasteiger partial charge < -0.3 is 25.7 Å². The highest BCUT2D eigenvalue weighted by Gasteiger charge is 2.25. The summed E-state index contributed by atoms with van der Waals surface area (Å²) in [6.45, 7) is 9.13. The van der Waals surface area contributed by atoms with Crippen LogP contribution in [0.4, 0.5) is 5.69 Å². The van der Waals surface area contributed by atoms with Gasteiger partial charge in [0.15, 0.2) is 0 Å². The topological polar surface area (TPSA) is 99.7 Å². The molecule has 1 fully saturated rings. The molecule has 0 aliphatic carbocycles.